The molecule has 7 heteroatoms. The second-order valence-electron chi connectivity index (χ2n) is 5.25. The molecule has 1 heterocycles. The van der Waals surface area contributed by atoms with Crippen LogP contribution in [-0.4, -0.2) is 58.0 Å². The minimum atomic E-state index is -0.288. The van der Waals surface area contributed by atoms with Gasteiger partial charge in [-0.05, 0) is 24.3 Å². The molecule has 1 unspecified atom stereocenters. The summed E-state index contributed by atoms with van der Waals surface area (Å²) in [6.07, 6.45) is 0.928. The van der Waals surface area contributed by atoms with E-state index in [2.05, 4.69) is 5.32 Å². The second kappa shape index (κ2) is 7.79. The fourth-order valence-electron chi connectivity index (χ4n) is 2.58. The summed E-state index contributed by atoms with van der Waals surface area (Å²) >= 11 is 1.83. The normalized spacial score (nSPS) is 20.2. The van der Waals surface area contributed by atoms with Crippen molar-refractivity contribution < 1.29 is 23.7 Å². The number of thioether (sulfide) groups is 1. The molecular formula is C16H23NO5S. The summed E-state index contributed by atoms with van der Waals surface area (Å²) in [7, 11) is 6.24. The number of amides is 1. The number of methoxy groups -OCH3 is 4. The van der Waals surface area contributed by atoms with E-state index >= 15 is 0 Å². The van der Waals surface area contributed by atoms with Crippen LogP contribution in [0, 0.1) is 0 Å². The molecule has 1 aliphatic heterocycles. The Morgan fingerprint density at radius 2 is 1.91 bits per heavy atom. The molecule has 128 valence electrons. The Labute approximate surface area is 140 Å². The lowest BCUT2D eigenvalue weighted by Crippen LogP contribution is -2.44. The fraction of sp³-hybridized carbons (Fsp3) is 0.562. The molecule has 0 radical (unpaired) electrons. The highest BCUT2D eigenvalue weighted by Gasteiger charge is 2.35. The molecule has 1 amide bonds. The molecule has 0 aromatic heterocycles. The van der Waals surface area contributed by atoms with Crippen LogP contribution < -0.4 is 19.5 Å². The Kier molecular flexibility index (Phi) is 6.01. The third kappa shape index (κ3) is 3.67. The highest BCUT2D eigenvalue weighted by atomic mass is 32.2. The van der Waals surface area contributed by atoms with Crippen LogP contribution in [0.1, 0.15) is 16.8 Å². The van der Waals surface area contributed by atoms with Crippen molar-refractivity contribution in [3.8, 4) is 17.2 Å². The summed E-state index contributed by atoms with van der Waals surface area (Å²) in [6.45, 7) is 0.465. The van der Waals surface area contributed by atoms with E-state index in [1.54, 1.807) is 19.2 Å². The predicted octanol–water partition coefficient (Wildman–Crippen LogP) is 1.96. The largest absolute Gasteiger partial charge is 0.493 e. The number of nitrogens with one attached hydrogen (secondary N) is 1. The van der Waals surface area contributed by atoms with Crippen LogP contribution in [0.25, 0.3) is 0 Å². The van der Waals surface area contributed by atoms with Gasteiger partial charge < -0.3 is 24.3 Å². The average Bonchev–Trinajstić information content (AvgIpc) is 3.07. The van der Waals surface area contributed by atoms with E-state index in [-0.39, 0.29) is 11.5 Å². The number of carbonyl (C=O) groups excluding carboxylic acids is 1. The van der Waals surface area contributed by atoms with Crippen molar-refractivity contribution >= 4 is 17.7 Å². The van der Waals surface area contributed by atoms with Gasteiger partial charge in [0.1, 0.15) is 0 Å². The first-order chi connectivity index (χ1) is 11.1. The van der Waals surface area contributed by atoms with Gasteiger partial charge in [-0.1, -0.05) is 0 Å². The maximum Gasteiger partial charge on any atom is 0.255 e. The van der Waals surface area contributed by atoms with Crippen LogP contribution in [0.2, 0.25) is 0 Å². The lowest BCUT2D eigenvalue weighted by molar-refractivity contribution is 0.0137. The first kappa shape index (κ1) is 17.7. The zero-order valence-corrected chi connectivity index (χ0v) is 14.7. The number of benzene rings is 1. The summed E-state index contributed by atoms with van der Waals surface area (Å²) in [5.41, 5.74) is 0.117. The van der Waals surface area contributed by atoms with E-state index in [1.165, 1.54) is 21.3 Å². The van der Waals surface area contributed by atoms with Crippen molar-refractivity contribution in [2.75, 3.05) is 46.5 Å². The van der Waals surface area contributed by atoms with E-state index in [9.17, 15) is 4.79 Å². The average molecular weight is 341 g/mol. The van der Waals surface area contributed by atoms with E-state index in [0.717, 1.165) is 17.9 Å². The van der Waals surface area contributed by atoms with Gasteiger partial charge in [0.2, 0.25) is 5.75 Å². The van der Waals surface area contributed by atoms with E-state index in [1.807, 2.05) is 11.8 Å². The smallest absolute Gasteiger partial charge is 0.255 e. The molecule has 0 saturated carbocycles. The van der Waals surface area contributed by atoms with Gasteiger partial charge >= 0.3 is 0 Å². The molecule has 0 aliphatic carbocycles. The summed E-state index contributed by atoms with van der Waals surface area (Å²) < 4.78 is 21.5. The van der Waals surface area contributed by atoms with Gasteiger partial charge in [-0.25, -0.2) is 0 Å². The van der Waals surface area contributed by atoms with Crippen molar-refractivity contribution in [3.05, 3.63) is 17.7 Å². The van der Waals surface area contributed by atoms with Gasteiger partial charge in [-0.15, -0.1) is 0 Å². The van der Waals surface area contributed by atoms with Crippen LogP contribution in [0.4, 0.5) is 0 Å². The van der Waals surface area contributed by atoms with Crippen LogP contribution in [-0.2, 0) is 4.74 Å². The summed E-state index contributed by atoms with van der Waals surface area (Å²) in [6, 6.07) is 3.35. The van der Waals surface area contributed by atoms with E-state index in [0.29, 0.717) is 29.4 Å². The first-order valence-corrected chi connectivity index (χ1v) is 8.46. The lowest BCUT2D eigenvalue weighted by Gasteiger charge is -2.27. The lowest BCUT2D eigenvalue weighted by atomic mass is 10.0. The molecular weight excluding hydrogens is 318 g/mol. The van der Waals surface area contributed by atoms with Crippen molar-refractivity contribution in [2.24, 2.45) is 0 Å². The number of hydrogen-bond acceptors (Lipinski definition) is 6. The molecule has 1 aliphatic rings. The number of carbonyl (C=O) groups is 1. The van der Waals surface area contributed by atoms with Crippen LogP contribution >= 0.6 is 11.8 Å². The SMILES string of the molecule is COc1ccc(C(=O)NCC2(OC)CCSC2)c(OC)c1OC. The minimum absolute atomic E-state index is 0.226. The zero-order valence-electron chi connectivity index (χ0n) is 13.9. The van der Waals surface area contributed by atoms with E-state index < -0.39 is 0 Å². The van der Waals surface area contributed by atoms with Crippen LogP contribution in [0.3, 0.4) is 0 Å². The number of rotatable bonds is 7. The summed E-state index contributed by atoms with van der Waals surface area (Å²) in [5.74, 6) is 2.98. The summed E-state index contributed by atoms with van der Waals surface area (Å²) in [4.78, 5) is 12.6. The van der Waals surface area contributed by atoms with Gasteiger partial charge in [-0.3, -0.25) is 4.79 Å². The third-order valence-corrected chi connectivity index (χ3v) is 5.24. The maximum atomic E-state index is 12.6. The molecule has 1 atom stereocenters. The highest BCUT2D eigenvalue weighted by molar-refractivity contribution is 7.99. The summed E-state index contributed by atoms with van der Waals surface area (Å²) in [5, 5.41) is 2.94. The Balaban J connectivity index is 2.19. The predicted molar refractivity (Wildman–Crippen MR) is 90.1 cm³/mol. The minimum Gasteiger partial charge on any atom is -0.493 e. The molecule has 1 aromatic rings. The molecule has 1 N–H and O–H groups in total. The molecule has 1 saturated heterocycles. The number of hydrogen-bond donors (Lipinski definition) is 1. The van der Waals surface area contributed by atoms with Crippen molar-refractivity contribution in [1.29, 1.82) is 0 Å². The van der Waals surface area contributed by atoms with E-state index in [4.69, 9.17) is 18.9 Å². The monoisotopic (exact) mass is 341 g/mol. The quantitative estimate of drug-likeness (QED) is 0.818. The van der Waals surface area contributed by atoms with Gasteiger partial charge in [0, 0.05) is 19.4 Å². The standard InChI is InChI=1S/C16H23NO5S/c1-19-12-6-5-11(13(20-2)14(12)21-3)15(18)17-9-16(22-4)7-8-23-10-16/h5-6H,7-10H2,1-4H3,(H,17,18). The molecule has 1 fully saturated rings. The maximum absolute atomic E-state index is 12.6. The Bertz CT molecular complexity index is 558. The Morgan fingerprint density at radius 1 is 1.17 bits per heavy atom. The molecule has 6 nitrogen and oxygen atoms in total. The molecule has 0 bridgehead atoms. The van der Waals surface area contributed by atoms with Crippen LogP contribution in [0.15, 0.2) is 12.1 Å². The van der Waals surface area contributed by atoms with Gasteiger partial charge in [0.05, 0.1) is 32.5 Å². The molecule has 2 rings (SSSR count). The van der Waals surface area contributed by atoms with Crippen molar-refractivity contribution in [2.45, 2.75) is 12.0 Å². The van der Waals surface area contributed by atoms with Crippen molar-refractivity contribution in [3.63, 3.8) is 0 Å². The topological polar surface area (TPSA) is 66.0 Å². The Morgan fingerprint density at radius 3 is 2.43 bits per heavy atom. The van der Waals surface area contributed by atoms with Gasteiger partial charge in [0.25, 0.3) is 5.91 Å². The molecule has 23 heavy (non-hydrogen) atoms. The van der Waals surface area contributed by atoms with Crippen molar-refractivity contribution in [1.82, 2.24) is 5.32 Å². The second-order valence-corrected chi connectivity index (χ2v) is 6.36. The fourth-order valence-corrected chi connectivity index (χ4v) is 3.97. The molecule has 0 spiro atoms. The highest BCUT2D eigenvalue weighted by Crippen LogP contribution is 2.39. The van der Waals surface area contributed by atoms with Gasteiger partial charge in [-0.2, -0.15) is 11.8 Å². The Hall–Kier alpha value is -1.60. The first-order valence-electron chi connectivity index (χ1n) is 7.31. The zero-order chi connectivity index (χ0) is 16.9. The number of ether oxygens (including phenoxy) is 4. The third-order valence-electron chi connectivity index (χ3n) is 4.02. The molecule has 1 aromatic carbocycles. The van der Waals surface area contributed by atoms with Crippen LogP contribution in [0.5, 0.6) is 17.2 Å². The van der Waals surface area contributed by atoms with Gasteiger partial charge in [0.15, 0.2) is 11.5 Å².